The van der Waals surface area contributed by atoms with Crippen LogP contribution in [0.1, 0.15) is 11.1 Å². The first kappa shape index (κ1) is 17.5. The van der Waals surface area contributed by atoms with E-state index in [4.69, 9.17) is 4.74 Å². The van der Waals surface area contributed by atoms with Gasteiger partial charge < -0.3 is 15.2 Å². The van der Waals surface area contributed by atoms with Crippen molar-refractivity contribution >= 4 is 5.91 Å². The number of ether oxygens (including phenoxy) is 1. The Balaban J connectivity index is 1.44. The number of rotatable bonds is 6. The lowest BCUT2D eigenvalue weighted by Gasteiger charge is -2.32. The maximum atomic E-state index is 12.3. The quantitative estimate of drug-likeness (QED) is 0.844. The Bertz CT molecular complexity index is 673. The van der Waals surface area contributed by atoms with E-state index in [0.717, 1.165) is 25.1 Å². The number of benzene rings is 2. The predicted molar refractivity (Wildman–Crippen MR) is 96.3 cm³/mol. The van der Waals surface area contributed by atoms with E-state index in [1.165, 1.54) is 5.56 Å². The summed E-state index contributed by atoms with van der Waals surface area (Å²) in [5.41, 5.74) is 2.32. The first-order chi connectivity index (χ1) is 12.2. The van der Waals surface area contributed by atoms with Crippen LogP contribution in [0.15, 0.2) is 54.6 Å². The molecule has 1 heterocycles. The van der Waals surface area contributed by atoms with Gasteiger partial charge in [-0.1, -0.05) is 42.5 Å². The third-order valence-corrected chi connectivity index (χ3v) is 4.34. The normalized spacial score (nSPS) is 18.0. The molecule has 1 unspecified atom stereocenters. The molecule has 0 aliphatic carbocycles. The monoisotopic (exact) mass is 340 g/mol. The molecule has 0 aromatic heterocycles. The number of carbonyl (C=O) groups is 1. The molecule has 1 aliphatic rings. The summed E-state index contributed by atoms with van der Waals surface area (Å²) in [4.78, 5) is 14.6. The van der Waals surface area contributed by atoms with E-state index >= 15 is 0 Å². The fraction of sp³-hybridized carbons (Fsp3) is 0.350. The molecule has 1 atom stereocenters. The highest BCUT2D eigenvalue weighted by Gasteiger charge is 2.26. The number of phenolic OH excluding ortho intramolecular Hbond substituents is 1. The average molecular weight is 340 g/mol. The topological polar surface area (TPSA) is 61.8 Å². The molecule has 0 bridgehead atoms. The number of nitrogens with zero attached hydrogens (tertiary/aromatic N) is 1. The van der Waals surface area contributed by atoms with Crippen LogP contribution in [-0.2, 0) is 22.5 Å². The number of hydrogen-bond donors (Lipinski definition) is 2. The molecule has 25 heavy (non-hydrogen) atoms. The Morgan fingerprint density at radius 3 is 2.64 bits per heavy atom. The second-order valence-corrected chi connectivity index (χ2v) is 6.29. The van der Waals surface area contributed by atoms with Gasteiger partial charge in [0.05, 0.1) is 6.61 Å². The van der Waals surface area contributed by atoms with E-state index in [1.807, 2.05) is 30.3 Å². The molecular formula is C20H24N2O3. The lowest BCUT2D eigenvalue weighted by atomic mass is 10.1. The van der Waals surface area contributed by atoms with E-state index in [9.17, 15) is 9.90 Å². The number of aromatic hydroxyl groups is 1. The van der Waals surface area contributed by atoms with Crippen molar-refractivity contribution < 1.29 is 14.6 Å². The van der Waals surface area contributed by atoms with Crippen LogP contribution in [-0.4, -0.2) is 48.3 Å². The molecule has 5 heteroatoms. The van der Waals surface area contributed by atoms with Crippen molar-refractivity contribution in [3.8, 4) is 5.75 Å². The zero-order chi connectivity index (χ0) is 17.5. The first-order valence-corrected chi connectivity index (χ1v) is 8.64. The lowest BCUT2D eigenvalue weighted by molar-refractivity contribution is -0.138. The van der Waals surface area contributed by atoms with Crippen LogP contribution in [0.2, 0.25) is 0 Å². The minimum Gasteiger partial charge on any atom is -0.508 e. The van der Waals surface area contributed by atoms with Crippen LogP contribution in [0.5, 0.6) is 5.75 Å². The number of amides is 1. The largest absolute Gasteiger partial charge is 0.508 e. The van der Waals surface area contributed by atoms with Gasteiger partial charge >= 0.3 is 0 Å². The zero-order valence-electron chi connectivity index (χ0n) is 14.2. The van der Waals surface area contributed by atoms with Crippen LogP contribution in [0.25, 0.3) is 0 Å². The number of phenols is 1. The van der Waals surface area contributed by atoms with Crippen LogP contribution >= 0.6 is 0 Å². The molecule has 2 N–H and O–H groups in total. The summed E-state index contributed by atoms with van der Waals surface area (Å²) < 4.78 is 5.64. The molecule has 5 nitrogen and oxygen atoms in total. The summed E-state index contributed by atoms with van der Waals surface area (Å²) >= 11 is 0. The van der Waals surface area contributed by atoms with Crippen molar-refractivity contribution in [3.63, 3.8) is 0 Å². The second-order valence-electron chi connectivity index (χ2n) is 6.29. The molecular weight excluding hydrogens is 316 g/mol. The van der Waals surface area contributed by atoms with Gasteiger partial charge in [0.15, 0.2) is 0 Å². The Labute approximate surface area is 148 Å². The highest BCUT2D eigenvalue weighted by molar-refractivity contribution is 5.81. The Kier molecular flexibility index (Phi) is 6.04. The second kappa shape index (κ2) is 8.65. The molecule has 0 radical (unpaired) electrons. The van der Waals surface area contributed by atoms with Crippen LogP contribution < -0.4 is 5.32 Å². The van der Waals surface area contributed by atoms with Crippen molar-refractivity contribution in [2.45, 2.75) is 19.1 Å². The zero-order valence-corrected chi connectivity index (χ0v) is 14.2. The van der Waals surface area contributed by atoms with Crippen molar-refractivity contribution in [1.82, 2.24) is 10.2 Å². The van der Waals surface area contributed by atoms with Crippen LogP contribution in [0.3, 0.4) is 0 Å². The third kappa shape index (κ3) is 5.31. The molecule has 3 rings (SSSR count). The van der Waals surface area contributed by atoms with E-state index in [2.05, 4.69) is 22.3 Å². The standard InChI is InChI=1S/C20H24N2O3/c23-18-8-6-16(7-9-18)10-11-21-20(24)19-15-22(12-13-25-19)14-17-4-2-1-3-5-17/h1-9,19,23H,10-15H2,(H,21,24). The molecule has 0 spiro atoms. The van der Waals surface area contributed by atoms with Crippen molar-refractivity contribution in [3.05, 3.63) is 65.7 Å². The van der Waals surface area contributed by atoms with Crippen molar-refractivity contribution in [2.24, 2.45) is 0 Å². The molecule has 1 saturated heterocycles. The molecule has 1 fully saturated rings. The Morgan fingerprint density at radius 2 is 1.88 bits per heavy atom. The van der Waals surface area contributed by atoms with E-state index < -0.39 is 6.10 Å². The maximum Gasteiger partial charge on any atom is 0.250 e. The molecule has 2 aromatic rings. The third-order valence-electron chi connectivity index (χ3n) is 4.34. The number of morpholine rings is 1. The SMILES string of the molecule is O=C(NCCc1ccc(O)cc1)C1CN(Cc2ccccc2)CCO1. The van der Waals surface area contributed by atoms with Crippen LogP contribution in [0.4, 0.5) is 0 Å². The van der Waals surface area contributed by atoms with Gasteiger partial charge in [-0.2, -0.15) is 0 Å². The van der Waals surface area contributed by atoms with Crippen molar-refractivity contribution in [2.75, 3.05) is 26.2 Å². The number of hydrogen-bond acceptors (Lipinski definition) is 4. The molecule has 1 amide bonds. The molecule has 0 saturated carbocycles. The summed E-state index contributed by atoms with van der Waals surface area (Å²) in [7, 11) is 0. The summed E-state index contributed by atoms with van der Waals surface area (Å²) in [6.07, 6.45) is 0.309. The van der Waals surface area contributed by atoms with E-state index in [-0.39, 0.29) is 11.7 Å². The van der Waals surface area contributed by atoms with Gasteiger partial charge in [-0.25, -0.2) is 0 Å². The minimum atomic E-state index is -0.419. The van der Waals surface area contributed by atoms with Gasteiger partial charge in [-0.05, 0) is 29.7 Å². The highest BCUT2D eigenvalue weighted by atomic mass is 16.5. The Hall–Kier alpha value is -2.37. The molecule has 132 valence electrons. The fourth-order valence-corrected chi connectivity index (χ4v) is 2.95. The maximum absolute atomic E-state index is 12.3. The fourth-order valence-electron chi connectivity index (χ4n) is 2.95. The van der Waals surface area contributed by atoms with Gasteiger partial charge in [-0.3, -0.25) is 9.69 Å². The van der Waals surface area contributed by atoms with Gasteiger partial charge in [0.1, 0.15) is 11.9 Å². The van der Waals surface area contributed by atoms with Gasteiger partial charge in [0.2, 0.25) is 5.91 Å². The Morgan fingerprint density at radius 1 is 1.12 bits per heavy atom. The molecule has 1 aliphatic heterocycles. The van der Waals surface area contributed by atoms with E-state index in [0.29, 0.717) is 19.7 Å². The predicted octanol–water partition coefficient (Wildman–Crippen LogP) is 1.95. The highest BCUT2D eigenvalue weighted by Crippen LogP contribution is 2.11. The first-order valence-electron chi connectivity index (χ1n) is 8.64. The smallest absolute Gasteiger partial charge is 0.250 e. The summed E-state index contributed by atoms with van der Waals surface area (Å²) in [5, 5.41) is 12.2. The number of nitrogens with one attached hydrogen (secondary N) is 1. The minimum absolute atomic E-state index is 0.0588. The summed E-state index contributed by atoms with van der Waals surface area (Å²) in [5.74, 6) is 0.193. The lowest BCUT2D eigenvalue weighted by Crippen LogP contribution is -2.49. The number of carbonyl (C=O) groups excluding carboxylic acids is 1. The van der Waals surface area contributed by atoms with Gasteiger partial charge in [-0.15, -0.1) is 0 Å². The van der Waals surface area contributed by atoms with Crippen LogP contribution in [0, 0.1) is 0 Å². The van der Waals surface area contributed by atoms with Gasteiger partial charge in [0.25, 0.3) is 0 Å². The van der Waals surface area contributed by atoms with Gasteiger partial charge in [0, 0.05) is 26.2 Å². The average Bonchev–Trinajstić information content (AvgIpc) is 2.64. The van der Waals surface area contributed by atoms with E-state index in [1.54, 1.807) is 12.1 Å². The van der Waals surface area contributed by atoms with Crippen molar-refractivity contribution in [1.29, 1.82) is 0 Å². The molecule has 2 aromatic carbocycles. The summed E-state index contributed by atoms with van der Waals surface area (Å²) in [6, 6.07) is 17.3. The summed E-state index contributed by atoms with van der Waals surface area (Å²) in [6.45, 7) is 3.42.